The average Bonchev–Trinajstić information content (AvgIpc) is 1.54. The lowest BCUT2D eigenvalue weighted by atomic mass is 9.94. The van der Waals surface area contributed by atoms with E-state index in [-0.39, 0.29) is 0 Å². The predicted octanol–water partition coefficient (Wildman–Crippen LogP) is 14.5. The van der Waals surface area contributed by atoms with Crippen LogP contribution in [0.15, 0.2) is 170 Å². The van der Waals surface area contributed by atoms with Gasteiger partial charge in [0.1, 0.15) is 46.6 Å². The number of fused-ring (bicyclic) bond motifs is 6. The van der Waals surface area contributed by atoms with Crippen molar-refractivity contribution in [3.63, 3.8) is 0 Å². The first-order chi connectivity index (χ1) is 43.8. The van der Waals surface area contributed by atoms with Crippen molar-refractivity contribution in [2.24, 2.45) is 0 Å². The molecule has 0 saturated heterocycles. The molecule has 0 unspecified atom stereocenters. The zero-order valence-electron chi connectivity index (χ0n) is 50.2. The Kier molecular flexibility index (Phi) is 13.1. The maximum atomic E-state index is 11.7. The molecule has 0 aliphatic rings. The van der Waals surface area contributed by atoms with Crippen molar-refractivity contribution in [1.29, 1.82) is 5.26 Å². The Morgan fingerprint density at radius 3 is 0.911 bits per heavy atom. The lowest BCUT2D eigenvalue weighted by molar-refractivity contribution is 0.928. The molecule has 15 rings (SSSR count). The zero-order chi connectivity index (χ0) is 61.5. The highest BCUT2D eigenvalue weighted by Gasteiger charge is 2.26. The van der Waals surface area contributed by atoms with E-state index in [4.69, 9.17) is 54.8 Å². The summed E-state index contributed by atoms with van der Waals surface area (Å²) in [5, 5.41) is 15.4. The van der Waals surface area contributed by atoms with Crippen LogP contribution in [-0.2, 0) is 0 Å². The number of aryl methyl sites for hydroxylation is 8. The van der Waals surface area contributed by atoms with Crippen LogP contribution in [0, 0.1) is 66.7 Å². The molecule has 0 saturated carbocycles. The molecule has 18 nitrogen and oxygen atoms in total. The minimum absolute atomic E-state index is 0.429. The Morgan fingerprint density at radius 2 is 0.567 bits per heavy atom. The van der Waals surface area contributed by atoms with Crippen molar-refractivity contribution >= 4 is 43.6 Å². The van der Waals surface area contributed by atoms with Gasteiger partial charge in [0, 0.05) is 71.6 Å². The van der Waals surface area contributed by atoms with Gasteiger partial charge in [0.15, 0.2) is 40.8 Å². The molecule has 0 fully saturated rings. The second-order valence-corrected chi connectivity index (χ2v) is 22.2. The van der Waals surface area contributed by atoms with Gasteiger partial charge in [-0.05, 0) is 159 Å². The lowest BCUT2D eigenvalue weighted by Gasteiger charge is -2.21. The smallest absolute Gasteiger partial charge is 0.164 e. The van der Waals surface area contributed by atoms with E-state index in [2.05, 4.69) is 120 Å². The van der Waals surface area contributed by atoms with Gasteiger partial charge in [-0.2, -0.15) is 5.26 Å². The Hall–Kier alpha value is -12.1. The molecule has 0 spiro atoms. The third-order valence-corrected chi connectivity index (χ3v) is 15.9. The van der Waals surface area contributed by atoms with E-state index < -0.39 is 0 Å². The molecule has 0 aliphatic carbocycles. The summed E-state index contributed by atoms with van der Waals surface area (Å²) < 4.78 is 4.51. The SMILES string of the molecule is Cc1nc(C)nc(-c2ccc3c(c2)c2cc(-c4nc(C)nc(C)n4)ccc2n3-c2ccc(-c3nc(-c4ccccc4)nc(-c4ccccc4)n3)cc2-c2c(C#N)cccc2-n2c3ccc(-c4nc(C)nc(C)n4)cc3c3cc(-c4nc(C)nc(C)n4)ccc32)n1. The number of rotatable bonds is 10. The highest BCUT2D eigenvalue weighted by atomic mass is 15.1. The second-order valence-electron chi connectivity index (χ2n) is 22.2. The summed E-state index contributed by atoms with van der Waals surface area (Å²) in [5.74, 6) is 8.66. The summed E-state index contributed by atoms with van der Waals surface area (Å²) in [6, 6.07) is 59.8. The quantitative estimate of drug-likeness (QED) is 0.124. The molecular formula is C72H52N18. The molecule has 0 bridgehead atoms. The van der Waals surface area contributed by atoms with Crippen LogP contribution in [0.25, 0.3) is 146 Å². The van der Waals surface area contributed by atoms with E-state index in [1.807, 2.05) is 140 Å². The molecule has 0 atom stereocenters. The van der Waals surface area contributed by atoms with E-state index in [0.29, 0.717) is 104 Å². The Balaban J connectivity index is 1.05. The van der Waals surface area contributed by atoms with Crippen LogP contribution < -0.4 is 0 Å². The predicted molar refractivity (Wildman–Crippen MR) is 348 cm³/mol. The molecule has 90 heavy (non-hydrogen) atoms. The van der Waals surface area contributed by atoms with Gasteiger partial charge in [0.25, 0.3) is 0 Å². The molecular weight excluding hydrogens is 1120 g/mol. The normalized spacial score (nSPS) is 11.5. The molecule has 0 amide bonds. The third kappa shape index (κ3) is 9.76. The number of hydrogen-bond donors (Lipinski definition) is 0. The fourth-order valence-electron chi connectivity index (χ4n) is 12.2. The van der Waals surface area contributed by atoms with Gasteiger partial charge in [0.2, 0.25) is 0 Å². The zero-order valence-corrected chi connectivity index (χ0v) is 50.2. The van der Waals surface area contributed by atoms with Gasteiger partial charge in [0.05, 0.1) is 45.1 Å². The molecule has 0 N–H and O–H groups in total. The minimum Gasteiger partial charge on any atom is -0.309 e. The Labute approximate surface area is 516 Å². The highest BCUT2D eigenvalue weighted by molar-refractivity contribution is 6.14. The van der Waals surface area contributed by atoms with E-state index >= 15 is 0 Å². The summed E-state index contributed by atoms with van der Waals surface area (Å²) in [7, 11) is 0. The molecule has 18 heteroatoms. The van der Waals surface area contributed by atoms with Gasteiger partial charge < -0.3 is 9.13 Å². The van der Waals surface area contributed by atoms with Crippen LogP contribution in [0.3, 0.4) is 0 Å². The third-order valence-electron chi connectivity index (χ3n) is 15.9. The maximum absolute atomic E-state index is 11.7. The number of benzene rings is 8. The fourth-order valence-corrected chi connectivity index (χ4v) is 12.2. The topological polar surface area (TPSA) is 227 Å². The number of nitrogens with zero attached hydrogens (tertiary/aromatic N) is 18. The second kappa shape index (κ2) is 21.7. The summed E-state index contributed by atoms with van der Waals surface area (Å²) >= 11 is 0. The van der Waals surface area contributed by atoms with Crippen LogP contribution in [0.2, 0.25) is 0 Å². The average molecular weight is 1170 g/mol. The molecule has 7 aromatic heterocycles. The lowest BCUT2D eigenvalue weighted by Crippen LogP contribution is -2.05. The van der Waals surface area contributed by atoms with Crippen LogP contribution in [-0.4, -0.2) is 83.9 Å². The van der Waals surface area contributed by atoms with Gasteiger partial charge in [-0.1, -0.05) is 66.7 Å². The van der Waals surface area contributed by atoms with Crippen molar-refractivity contribution < 1.29 is 0 Å². The molecule has 8 aromatic carbocycles. The first-order valence-electron chi connectivity index (χ1n) is 29.3. The van der Waals surface area contributed by atoms with Crippen molar-refractivity contribution in [3.05, 3.63) is 222 Å². The van der Waals surface area contributed by atoms with Crippen LogP contribution in [0.1, 0.15) is 52.2 Å². The molecule has 0 aliphatic heterocycles. The first-order valence-corrected chi connectivity index (χ1v) is 29.3. The van der Waals surface area contributed by atoms with Gasteiger partial charge in [-0.25, -0.2) is 74.8 Å². The summed E-state index contributed by atoms with van der Waals surface area (Å²) in [6.07, 6.45) is 0. The highest BCUT2D eigenvalue weighted by Crippen LogP contribution is 2.45. The van der Waals surface area contributed by atoms with Crippen molar-refractivity contribution in [3.8, 4) is 108 Å². The molecule has 430 valence electrons. The Bertz CT molecular complexity index is 5140. The van der Waals surface area contributed by atoms with Crippen LogP contribution >= 0.6 is 0 Å². The van der Waals surface area contributed by atoms with Crippen molar-refractivity contribution in [2.45, 2.75) is 55.4 Å². The number of nitriles is 1. The van der Waals surface area contributed by atoms with Crippen LogP contribution in [0.5, 0.6) is 0 Å². The van der Waals surface area contributed by atoms with Gasteiger partial charge >= 0.3 is 0 Å². The van der Waals surface area contributed by atoms with Gasteiger partial charge in [-0.3, -0.25) is 0 Å². The monoisotopic (exact) mass is 1170 g/mol. The molecule has 7 heterocycles. The summed E-state index contributed by atoms with van der Waals surface area (Å²) in [4.78, 5) is 72.0. The Morgan fingerprint density at radius 1 is 0.267 bits per heavy atom. The van der Waals surface area contributed by atoms with Crippen molar-refractivity contribution in [1.82, 2.24) is 83.9 Å². The maximum Gasteiger partial charge on any atom is 0.164 e. The van der Waals surface area contributed by atoms with Crippen molar-refractivity contribution in [2.75, 3.05) is 0 Å². The number of hydrogen-bond acceptors (Lipinski definition) is 16. The molecule has 0 radical (unpaired) electrons. The van der Waals surface area contributed by atoms with E-state index in [1.165, 1.54) is 0 Å². The summed E-state index contributed by atoms with van der Waals surface area (Å²) in [6.45, 7) is 15.0. The van der Waals surface area contributed by atoms with E-state index in [9.17, 15) is 5.26 Å². The van der Waals surface area contributed by atoms with Gasteiger partial charge in [-0.15, -0.1) is 0 Å². The summed E-state index contributed by atoms with van der Waals surface area (Å²) in [5.41, 5.74) is 12.4. The van der Waals surface area contributed by atoms with Crippen LogP contribution in [0.4, 0.5) is 0 Å². The van der Waals surface area contributed by atoms with E-state index in [0.717, 1.165) is 93.9 Å². The van der Waals surface area contributed by atoms with E-state index in [1.54, 1.807) is 0 Å². The first kappa shape index (κ1) is 54.5. The standard InChI is InChI=1S/C72H52N18/c1-38-74-39(2)79-68(78-38)48-22-27-59-54(32-48)55-33-49(69-80-40(3)75-41(4)81-69)23-28-60(55)89(59)63-31-26-52(72-87-66(46-16-11-9-12-17-46)86-67(88-72)47-18-13-10-14-19-47)36-58(63)65-53(37-73)20-15-21-64(65)90-61-29-24-50(70-82-42(5)76-43(6)83-70)34-56(61)57-35-51(25-30-62(57)90)71-84-44(7)77-45(8)85-71/h9-36H,1-8H3. The number of aromatic nitrogens is 17. The fraction of sp³-hybridized carbons (Fsp3) is 0.111. The molecule has 15 aromatic rings. The minimum atomic E-state index is 0.429. The largest absolute Gasteiger partial charge is 0.309 e.